The molecular weight excluding hydrogens is 304 g/mol. The molecule has 1 saturated heterocycles. The molecule has 7 heteroatoms. The topological polar surface area (TPSA) is 64.2 Å². The highest BCUT2D eigenvalue weighted by molar-refractivity contribution is 6.30. The van der Waals surface area contributed by atoms with E-state index in [4.69, 9.17) is 16.1 Å². The molecule has 0 saturated carbocycles. The molecule has 0 bridgehead atoms. The Labute approximate surface area is 134 Å². The molecule has 0 aromatic carbocycles. The normalized spacial score (nSPS) is 18.1. The van der Waals surface area contributed by atoms with Crippen molar-refractivity contribution in [2.45, 2.75) is 45.2 Å². The van der Waals surface area contributed by atoms with Gasteiger partial charge in [0.25, 0.3) is 0 Å². The van der Waals surface area contributed by atoms with Gasteiger partial charge in [-0.15, -0.1) is 0 Å². The highest BCUT2D eigenvalue weighted by atomic mass is 35.5. The van der Waals surface area contributed by atoms with Crippen molar-refractivity contribution in [3.63, 3.8) is 0 Å². The van der Waals surface area contributed by atoms with Crippen molar-refractivity contribution in [3.8, 4) is 0 Å². The molecule has 1 amide bonds. The predicted molar refractivity (Wildman–Crippen MR) is 81.4 cm³/mol. The lowest BCUT2D eigenvalue weighted by Crippen LogP contribution is -2.33. The van der Waals surface area contributed by atoms with E-state index in [1.165, 1.54) is 6.20 Å². The maximum atomic E-state index is 12.5. The van der Waals surface area contributed by atoms with Crippen LogP contribution >= 0.6 is 11.6 Å². The average molecular weight is 323 g/mol. The van der Waals surface area contributed by atoms with Crippen LogP contribution in [0, 0.1) is 0 Å². The Kier molecular flexibility index (Phi) is 4.47. The second-order valence-electron chi connectivity index (χ2n) is 5.57. The van der Waals surface area contributed by atoms with Gasteiger partial charge in [-0.25, -0.2) is 0 Å². The van der Waals surface area contributed by atoms with Gasteiger partial charge in [0.05, 0.1) is 17.3 Å². The van der Waals surface area contributed by atoms with Crippen LogP contribution in [-0.4, -0.2) is 32.3 Å². The van der Waals surface area contributed by atoms with Crippen molar-refractivity contribution in [1.29, 1.82) is 0 Å². The summed E-state index contributed by atoms with van der Waals surface area (Å²) in [6.07, 6.45) is 6.97. The van der Waals surface area contributed by atoms with Crippen molar-refractivity contribution < 1.29 is 9.32 Å². The summed E-state index contributed by atoms with van der Waals surface area (Å²) in [6, 6.07) is 1.98. The van der Waals surface area contributed by atoms with E-state index in [0.717, 1.165) is 43.7 Å². The molecule has 22 heavy (non-hydrogen) atoms. The van der Waals surface area contributed by atoms with Gasteiger partial charge in [-0.3, -0.25) is 9.48 Å². The van der Waals surface area contributed by atoms with Crippen molar-refractivity contribution in [2.24, 2.45) is 0 Å². The number of hydrogen-bond donors (Lipinski definition) is 0. The lowest BCUT2D eigenvalue weighted by atomic mass is 10.1. The van der Waals surface area contributed by atoms with Crippen molar-refractivity contribution in [1.82, 2.24) is 19.8 Å². The molecular formula is C15H19ClN4O2. The second-order valence-corrected chi connectivity index (χ2v) is 6.01. The van der Waals surface area contributed by atoms with E-state index in [2.05, 4.69) is 17.2 Å². The summed E-state index contributed by atoms with van der Waals surface area (Å²) in [5, 5.41) is 8.74. The van der Waals surface area contributed by atoms with Gasteiger partial charge < -0.3 is 9.42 Å². The van der Waals surface area contributed by atoms with Gasteiger partial charge in [0.2, 0.25) is 5.91 Å². The van der Waals surface area contributed by atoms with Gasteiger partial charge in [-0.05, 0) is 19.3 Å². The molecule has 6 nitrogen and oxygen atoms in total. The number of hydrogen-bond acceptors (Lipinski definition) is 4. The van der Waals surface area contributed by atoms with E-state index in [-0.39, 0.29) is 18.5 Å². The highest BCUT2D eigenvalue weighted by Gasteiger charge is 2.32. The molecule has 2 aromatic rings. The summed E-state index contributed by atoms with van der Waals surface area (Å²) in [6.45, 7) is 3.04. The van der Waals surface area contributed by atoms with Gasteiger partial charge >= 0.3 is 0 Å². The molecule has 0 aliphatic carbocycles. The molecule has 0 radical (unpaired) electrons. The number of carbonyl (C=O) groups is 1. The molecule has 1 fully saturated rings. The number of aryl methyl sites for hydroxylation is 1. The summed E-state index contributed by atoms with van der Waals surface area (Å²) in [4.78, 5) is 14.4. The van der Waals surface area contributed by atoms with Crippen LogP contribution in [0.15, 0.2) is 23.0 Å². The maximum absolute atomic E-state index is 12.5. The number of halogens is 1. The maximum Gasteiger partial charge on any atom is 0.244 e. The number of likely N-dealkylation sites (tertiary alicyclic amines) is 1. The van der Waals surface area contributed by atoms with Gasteiger partial charge in [0, 0.05) is 25.2 Å². The minimum atomic E-state index is 0.00731. The molecule has 118 valence electrons. The molecule has 0 N–H and O–H groups in total. The van der Waals surface area contributed by atoms with Crippen LogP contribution in [0.4, 0.5) is 0 Å². The SMILES string of the molecule is CCCc1cc([C@H]2CCCN2C(=O)Cn2cc(Cl)cn2)no1. The van der Waals surface area contributed by atoms with Crippen LogP contribution in [0.3, 0.4) is 0 Å². The Balaban J connectivity index is 1.70. The Morgan fingerprint density at radius 1 is 1.55 bits per heavy atom. The Morgan fingerprint density at radius 3 is 3.14 bits per heavy atom. The van der Waals surface area contributed by atoms with E-state index in [1.54, 1.807) is 10.9 Å². The van der Waals surface area contributed by atoms with Crippen LogP contribution in [0.2, 0.25) is 5.02 Å². The minimum absolute atomic E-state index is 0.00731. The Morgan fingerprint density at radius 2 is 2.41 bits per heavy atom. The lowest BCUT2D eigenvalue weighted by molar-refractivity contribution is -0.133. The molecule has 2 aromatic heterocycles. The first-order valence-electron chi connectivity index (χ1n) is 7.60. The number of carbonyl (C=O) groups excluding carboxylic acids is 1. The monoisotopic (exact) mass is 322 g/mol. The van der Waals surface area contributed by atoms with Gasteiger partial charge in [-0.1, -0.05) is 23.7 Å². The average Bonchev–Trinajstić information content (AvgIpc) is 3.19. The predicted octanol–water partition coefficient (Wildman–Crippen LogP) is 2.84. The molecule has 3 heterocycles. The Hall–Kier alpha value is -1.82. The smallest absolute Gasteiger partial charge is 0.244 e. The van der Waals surface area contributed by atoms with Crippen molar-refractivity contribution in [2.75, 3.05) is 6.54 Å². The third-order valence-corrected chi connectivity index (χ3v) is 4.08. The van der Waals surface area contributed by atoms with Gasteiger partial charge in [0.15, 0.2) is 0 Å². The van der Waals surface area contributed by atoms with Crippen LogP contribution in [0.1, 0.15) is 43.7 Å². The standard InChI is InChI=1S/C15H19ClN4O2/c1-2-4-12-7-13(18-22-12)14-5-3-6-20(14)15(21)10-19-9-11(16)8-17-19/h7-9,14H,2-6,10H2,1H3/t14-/m1/s1. The number of rotatable bonds is 5. The third-order valence-electron chi connectivity index (χ3n) is 3.89. The molecule has 0 unspecified atom stereocenters. The fourth-order valence-corrected chi connectivity index (χ4v) is 3.03. The molecule has 1 atom stereocenters. The largest absolute Gasteiger partial charge is 0.361 e. The van der Waals surface area contributed by atoms with E-state index in [0.29, 0.717) is 5.02 Å². The highest BCUT2D eigenvalue weighted by Crippen LogP contribution is 2.32. The lowest BCUT2D eigenvalue weighted by Gasteiger charge is -2.22. The number of nitrogens with zero attached hydrogens (tertiary/aromatic N) is 4. The Bertz CT molecular complexity index is 652. The van der Waals surface area contributed by atoms with Gasteiger partial charge in [0.1, 0.15) is 18.0 Å². The number of amides is 1. The first kappa shape index (κ1) is 15.1. The van der Waals surface area contributed by atoms with E-state index < -0.39 is 0 Å². The van der Waals surface area contributed by atoms with Crippen molar-refractivity contribution >= 4 is 17.5 Å². The summed E-state index contributed by atoms with van der Waals surface area (Å²) >= 11 is 5.83. The first-order chi connectivity index (χ1) is 10.7. The van der Waals surface area contributed by atoms with Crippen LogP contribution < -0.4 is 0 Å². The molecule has 1 aliphatic heterocycles. The summed E-state index contributed by atoms with van der Waals surface area (Å²) < 4.78 is 6.91. The number of aromatic nitrogens is 3. The molecule has 1 aliphatic rings. The zero-order valence-corrected chi connectivity index (χ0v) is 13.3. The summed E-state index contributed by atoms with van der Waals surface area (Å²) in [5.74, 6) is 0.915. The van der Waals surface area contributed by atoms with Gasteiger partial charge in [-0.2, -0.15) is 5.10 Å². The van der Waals surface area contributed by atoms with E-state index in [9.17, 15) is 4.79 Å². The quantitative estimate of drug-likeness (QED) is 0.849. The fraction of sp³-hybridized carbons (Fsp3) is 0.533. The zero-order chi connectivity index (χ0) is 15.5. The van der Waals surface area contributed by atoms with Crippen LogP contribution in [-0.2, 0) is 17.8 Å². The van der Waals surface area contributed by atoms with Crippen LogP contribution in [0.25, 0.3) is 0 Å². The molecule has 3 rings (SSSR count). The third kappa shape index (κ3) is 3.16. The van der Waals surface area contributed by atoms with E-state index in [1.807, 2.05) is 11.0 Å². The minimum Gasteiger partial charge on any atom is -0.361 e. The summed E-state index contributed by atoms with van der Waals surface area (Å²) in [7, 11) is 0. The fourth-order valence-electron chi connectivity index (χ4n) is 2.88. The van der Waals surface area contributed by atoms with Crippen LogP contribution in [0.5, 0.6) is 0 Å². The molecule has 0 spiro atoms. The zero-order valence-electron chi connectivity index (χ0n) is 12.5. The second kappa shape index (κ2) is 6.52. The first-order valence-corrected chi connectivity index (χ1v) is 7.98. The summed E-state index contributed by atoms with van der Waals surface area (Å²) in [5.41, 5.74) is 0.854. The van der Waals surface area contributed by atoms with E-state index >= 15 is 0 Å². The van der Waals surface area contributed by atoms with Crippen molar-refractivity contribution in [3.05, 3.63) is 34.9 Å².